The summed E-state index contributed by atoms with van der Waals surface area (Å²) < 4.78 is 0. The summed E-state index contributed by atoms with van der Waals surface area (Å²) in [5, 5.41) is 11.6. The van der Waals surface area contributed by atoms with Crippen molar-refractivity contribution in [3.05, 3.63) is 12.2 Å². The number of rotatable bonds is 5. The molecule has 9 heteroatoms. The van der Waals surface area contributed by atoms with Gasteiger partial charge in [-0.15, -0.1) is 0 Å². The van der Waals surface area contributed by atoms with Gasteiger partial charge in [0.25, 0.3) is 5.91 Å². The fourth-order valence-corrected chi connectivity index (χ4v) is 2.04. The molecule has 1 aromatic rings. The predicted octanol–water partition coefficient (Wildman–Crippen LogP) is -0.298. The maximum Gasteiger partial charge on any atom is 0.325 e. The van der Waals surface area contributed by atoms with Gasteiger partial charge in [-0.05, 0) is 20.8 Å². The number of carbonyl (C=O) groups is 3. The molecule has 4 amide bonds. The molecule has 1 aromatic heterocycles. The van der Waals surface area contributed by atoms with Gasteiger partial charge in [0.15, 0.2) is 0 Å². The Hall–Kier alpha value is -2.45. The summed E-state index contributed by atoms with van der Waals surface area (Å²) in [6, 6.07) is -0.791. The van der Waals surface area contributed by atoms with E-state index in [1.54, 1.807) is 20.8 Å². The summed E-state index contributed by atoms with van der Waals surface area (Å²) in [7, 11) is 0. The first-order valence-electron chi connectivity index (χ1n) is 6.60. The predicted molar refractivity (Wildman–Crippen MR) is 71.9 cm³/mol. The highest BCUT2D eigenvalue weighted by Crippen LogP contribution is 2.16. The first kappa shape index (κ1) is 14.9. The first-order valence-corrected chi connectivity index (χ1v) is 6.60. The van der Waals surface area contributed by atoms with Crippen molar-refractivity contribution in [1.29, 1.82) is 0 Å². The van der Waals surface area contributed by atoms with Crippen LogP contribution in [0.3, 0.4) is 0 Å². The fourth-order valence-electron chi connectivity index (χ4n) is 2.04. The van der Waals surface area contributed by atoms with Gasteiger partial charge < -0.3 is 10.6 Å². The number of imide groups is 1. The molecule has 1 atom stereocenters. The quantitative estimate of drug-likeness (QED) is 0.644. The molecule has 0 radical (unpaired) electrons. The van der Waals surface area contributed by atoms with Crippen molar-refractivity contribution in [3.63, 3.8) is 0 Å². The summed E-state index contributed by atoms with van der Waals surface area (Å²) in [5.74, 6) is -0.0627. The van der Waals surface area contributed by atoms with E-state index < -0.39 is 11.6 Å². The topological polar surface area (TPSA) is 120 Å². The third kappa shape index (κ3) is 3.18. The van der Waals surface area contributed by atoms with Gasteiger partial charge >= 0.3 is 6.03 Å². The van der Waals surface area contributed by atoms with Crippen LogP contribution in [0.4, 0.5) is 4.79 Å². The van der Waals surface area contributed by atoms with E-state index in [0.717, 1.165) is 4.90 Å². The standard InChI is InChI=1S/C12H18N6O3/c1-7(9-13-6-14-17-9)15-8(19)4-5-18-10(20)12(2,3)16-11(18)21/h6-7H,4-5H2,1-3H3,(H,15,19)(H,16,21)(H,13,14,17). The average Bonchev–Trinajstić information content (AvgIpc) is 2.97. The monoisotopic (exact) mass is 294 g/mol. The van der Waals surface area contributed by atoms with Gasteiger partial charge in [0.05, 0.1) is 6.04 Å². The number of hydrogen-bond acceptors (Lipinski definition) is 5. The zero-order valence-corrected chi connectivity index (χ0v) is 12.1. The van der Waals surface area contributed by atoms with Crippen LogP contribution in [0.15, 0.2) is 6.33 Å². The molecular formula is C12H18N6O3. The van der Waals surface area contributed by atoms with E-state index in [1.165, 1.54) is 6.33 Å². The van der Waals surface area contributed by atoms with Crippen LogP contribution in [-0.2, 0) is 9.59 Å². The molecule has 3 N–H and O–H groups in total. The van der Waals surface area contributed by atoms with Crippen molar-refractivity contribution in [2.24, 2.45) is 0 Å². The lowest BCUT2D eigenvalue weighted by Crippen LogP contribution is -2.40. The zero-order valence-electron chi connectivity index (χ0n) is 12.1. The molecule has 1 saturated heterocycles. The Kier molecular flexibility index (Phi) is 3.92. The summed E-state index contributed by atoms with van der Waals surface area (Å²) in [4.78, 5) is 40.4. The molecular weight excluding hydrogens is 276 g/mol. The number of nitrogens with zero attached hydrogens (tertiary/aromatic N) is 3. The lowest BCUT2D eigenvalue weighted by atomic mass is 10.1. The number of nitrogens with one attached hydrogen (secondary N) is 3. The van der Waals surface area contributed by atoms with Crippen LogP contribution in [0.1, 0.15) is 39.1 Å². The van der Waals surface area contributed by atoms with Crippen molar-refractivity contribution in [1.82, 2.24) is 30.7 Å². The minimum absolute atomic E-state index is 0.0354. The Morgan fingerprint density at radius 1 is 1.48 bits per heavy atom. The van der Waals surface area contributed by atoms with E-state index in [4.69, 9.17) is 0 Å². The zero-order chi connectivity index (χ0) is 15.6. The molecule has 0 spiro atoms. The molecule has 1 fully saturated rings. The summed E-state index contributed by atoms with van der Waals surface area (Å²) in [6.07, 6.45) is 1.39. The molecule has 0 saturated carbocycles. The van der Waals surface area contributed by atoms with Crippen LogP contribution in [0, 0.1) is 0 Å². The summed E-state index contributed by atoms with van der Waals surface area (Å²) in [5.41, 5.74) is -0.916. The van der Waals surface area contributed by atoms with Gasteiger partial charge in [0, 0.05) is 13.0 Å². The molecule has 0 bridgehead atoms. The lowest BCUT2D eigenvalue weighted by molar-refractivity contribution is -0.130. The molecule has 114 valence electrons. The smallest absolute Gasteiger partial charge is 0.325 e. The van der Waals surface area contributed by atoms with E-state index >= 15 is 0 Å². The van der Waals surface area contributed by atoms with Crippen molar-refractivity contribution in [3.8, 4) is 0 Å². The molecule has 0 aromatic carbocycles. The minimum atomic E-state index is -0.916. The summed E-state index contributed by atoms with van der Waals surface area (Å²) >= 11 is 0. The van der Waals surface area contributed by atoms with Gasteiger partial charge in [-0.1, -0.05) is 0 Å². The average molecular weight is 294 g/mol. The Labute approximate surface area is 121 Å². The van der Waals surface area contributed by atoms with E-state index in [1.807, 2.05) is 0 Å². The van der Waals surface area contributed by atoms with E-state index in [2.05, 4.69) is 25.8 Å². The van der Waals surface area contributed by atoms with E-state index in [-0.39, 0.29) is 30.8 Å². The Morgan fingerprint density at radius 3 is 2.71 bits per heavy atom. The second kappa shape index (κ2) is 5.51. The fraction of sp³-hybridized carbons (Fsp3) is 0.583. The maximum atomic E-state index is 11.9. The van der Waals surface area contributed by atoms with E-state index in [0.29, 0.717) is 5.82 Å². The molecule has 1 aliphatic rings. The van der Waals surface area contributed by atoms with Crippen molar-refractivity contribution in [2.75, 3.05) is 6.54 Å². The molecule has 1 unspecified atom stereocenters. The minimum Gasteiger partial charge on any atom is -0.346 e. The first-order chi connectivity index (χ1) is 9.81. The van der Waals surface area contributed by atoms with Crippen LogP contribution >= 0.6 is 0 Å². The van der Waals surface area contributed by atoms with Crippen LogP contribution in [0.2, 0.25) is 0 Å². The van der Waals surface area contributed by atoms with Gasteiger partial charge in [-0.3, -0.25) is 19.6 Å². The number of hydrogen-bond donors (Lipinski definition) is 3. The highest BCUT2D eigenvalue weighted by molar-refractivity contribution is 6.06. The lowest BCUT2D eigenvalue weighted by Gasteiger charge is -2.16. The van der Waals surface area contributed by atoms with Crippen LogP contribution in [-0.4, -0.2) is 50.0 Å². The van der Waals surface area contributed by atoms with Gasteiger partial charge in [0.2, 0.25) is 5.91 Å². The SMILES string of the molecule is CC(NC(=O)CCN1C(=O)NC(C)(C)C1=O)c1ncn[nH]1. The third-order valence-corrected chi connectivity index (χ3v) is 3.23. The van der Waals surface area contributed by atoms with Crippen LogP contribution in [0.25, 0.3) is 0 Å². The van der Waals surface area contributed by atoms with Gasteiger partial charge in [0.1, 0.15) is 17.7 Å². The summed E-state index contributed by atoms with van der Waals surface area (Å²) in [6.45, 7) is 5.05. The molecule has 1 aliphatic heterocycles. The molecule has 2 rings (SSSR count). The Morgan fingerprint density at radius 2 is 2.19 bits per heavy atom. The van der Waals surface area contributed by atoms with Crippen molar-refractivity contribution in [2.45, 2.75) is 38.8 Å². The molecule has 2 heterocycles. The van der Waals surface area contributed by atoms with Gasteiger partial charge in [-0.2, -0.15) is 5.10 Å². The number of aromatic nitrogens is 3. The largest absolute Gasteiger partial charge is 0.346 e. The van der Waals surface area contributed by atoms with Crippen molar-refractivity contribution < 1.29 is 14.4 Å². The number of urea groups is 1. The highest BCUT2D eigenvalue weighted by atomic mass is 16.2. The van der Waals surface area contributed by atoms with Crippen molar-refractivity contribution >= 4 is 17.8 Å². The van der Waals surface area contributed by atoms with E-state index in [9.17, 15) is 14.4 Å². The normalized spacial score (nSPS) is 18.5. The maximum absolute atomic E-state index is 11.9. The second-order valence-electron chi connectivity index (χ2n) is 5.42. The Balaban J connectivity index is 1.85. The molecule has 9 nitrogen and oxygen atoms in total. The van der Waals surface area contributed by atoms with Gasteiger partial charge in [-0.25, -0.2) is 9.78 Å². The van der Waals surface area contributed by atoms with Crippen LogP contribution in [0.5, 0.6) is 0 Å². The Bertz CT molecular complexity index is 553. The number of carbonyl (C=O) groups excluding carboxylic acids is 3. The highest BCUT2D eigenvalue weighted by Gasteiger charge is 2.43. The third-order valence-electron chi connectivity index (χ3n) is 3.23. The number of H-pyrrole nitrogens is 1. The van der Waals surface area contributed by atoms with Crippen LogP contribution < -0.4 is 10.6 Å². The number of aromatic amines is 1. The molecule has 0 aliphatic carbocycles. The second-order valence-corrected chi connectivity index (χ2v) is 5.42. The molecule has 21 heavy (non-hydrogen) atoms. The number of amides is 4.